The summed E-state index contributed by atoms with van der Waals surface area (Å²) >= 11 is 17.0. The number of halogens is 6. The number of allylic oxidation sites excluding steroid dienone is 1. The Labute approximate surface area is 121 Å². The zero-order valence-electron chi connectivity index (χ0n) is 9.32. The molecule has 0 aliphatic heterocycles. The normalized spacial score (nSPS) is 12.5. The standard InChI is InChI=1S/C11H6Cl3F3O2/c1-19-9(18)4-6(11(15,16)17)5-2-7(12)10(14)8(13)3-5/h2-4H,1H3/b6-4+. The van der Waals surface area contributed by atoms with Crippen LogP contribution in [0.15, 0.2) is 18.2 Å². The lowest BCUT2D eigenvalue weighted by molar-refractivity contribution is -0.135. The van der Waals surface area contributed by atoms with E-state index in [4.69, 9.17) is 34.8 Å². The van der Waals surface area contributed by atoms with E-state index in [-0.39, 0.29) is 20.6 Å². The van der Waals surface area contributed by atoms with Crippen molar-refractivity contribution in [3.63, 3.8) is 0 Å². The zero-order chi connectivity index (χ0) is 14.8. The van der Waals surface area contributed by atoms with Crippen LogP contribution in [0.4, 0.5) is 13.2 Å². The van der Waals surface area contributed by atoms with Crippen LogP contribution in [0.3, 0.4) is 0 Å². The molecule has 104 valence electrons. The van der Waals surface area contributed by atoms with Crippen LogP contribution in [0, 0.1) is 0 Å². The molecule has 0 aliphatic carbocycles. The molecule has 0 bridgehead atoms. The first-order valence-electron chi connectivity index (χ1n) is 4.68. The van der Waals surface area contributed by atoms with Crippen molar-refractivity contribution in [2.45, 2.75) is 6.18 Å². The first kappa shape index (κ1) is 16.1. The van der Waals surface area contributed by atoms with Crippen molar-refractivity contribution in [3.8, 4) is 0 Å². The van der Waals surface area contributed by atoms with E-state index in [9.17, 15) is 18.0 Å². The Morgan fingerprint density at radius 3 is 2.05 bits per heavy atom. The Morgan fingerprint density at radius 2 is 1.68 bits per heavy atom. The van der Waals surface area contributed by atoms with Gasteiger partial charge in [-0.05, 0) is 17.7 Å². The average Bonchev–Trinajstić information content (AvgIpc) is 2.30. The lowest BCUT2D eigenvalue weighted by Gasteiger charge is -2.13. The number of carbonyl (C=O) groups is 1. The minimum Gasteiger partial charge on any atom is -0.466 e. The van der Waals surface area contributed by atoms with Crippen LogP contribution < -0.4 is 0 Å². The van der Waals surface area contributed by atoms with Crippen LogP contribution in [0.25, 0.3) is 5.57 Å². The van der Waals surface area contributed by atoms with Gasteiger partial charge in [0.2, 0.25) is 0 Å². The van der Waals surface area contributed by atoms with E-state index < -0.39 is 17.7 Å². The van der Waals surface area contributed by atoms with Crippen molar-refractivity contribution in [2.24, 2.45) is 0 Å². The quantitative estimate of drug-likeness (QED) is 0.443. The molecule has 2 nitrogen and oxygen atoms in total. The molecule has 0 amide bonds. The molecule has 0 saturated carbocycles. The van der Waals surface area contributed by atoms with Gasteiger partial charge in [0.05, 0.1) is 27.8 Å². The van der Waals surface area contributed by atoms with E-state index >= 15 is 0 Å². The summed E-state index contributed by atoms with van der Waals surface area (Å²) < 4.78 is 42.8. The molecule has 1 aromatic rings. The van der Waals surface area contributed by atoms with Crippen LogP contribution in [0.1, 0.15) is 5.56 Å². The van der Waals surface area contributed by atoms with Gasteiger partial charge in [0.15, 0.2) is 0 Å². The summed E-state index contributed by atoms with van der Waals surface area (Å²) in [4.78, 5) is 11.0. The minimum atomic E-state index is -4.77. The monoisotopic (exact) mass is 332 g/mol. The first-order valence-corrected chi connectivity index (χ1v) is 5.82. The molecule has 0 aromatic heterocycles. The average molecular weight is 334 g/mol. The molecule has 1 aromatic carbocycles. The molecular formula is C11H6Cl3F3O2. The number of hydrogen-bond acceptors (Lipinski definition) is 2. The number of ether oxygens (including phenoxy) is 1. The summed E-state index contributed by atoms with van der Waals surface area (Å²) in [7, 11) is 0.967. The third-order valence-electron chi connectivity index (χ3n) is 2.06. The van der Waals surface area contributed by atoms with Crippen LogP contribution in [0.2, 0.25) is 15.1 Å². The van der Waals surface area contributed by atoms with Gasteiger partial charge in [-0.1, -0.05) is 34.8 Å². The van der Waals surface area contributed by atoms with E-state index in [1.165, 1.54) is 0 Å². The second-order valence-electron chi connectivity index (χ2n) is 3.33. The van der Waals surface area contributed by atoms with E-state index in [1.54, 1.807) is 0 Å². The largest absolute Gasteiger partial charge is 0.466 e. The third kappa shape index (κ3) is 4.03. The fraction of sp³-hybridized carbons (Fsp3) is 0.182. The van der Waals surface area contributed by atoms with Gasteiger partial charge in [0.25, 0.3) is 0 Å². The molecule has 0 atom stereocenters. The Bertz CT molecular complexity index is 515. The van der Waals surface area contributed by atoms with Gasteiger partial charge >= 0.3 is 12.1 Å². The number of methoxy groups -OCH3 is 1. The summed E-state index contributed by atoms with van der Waals surface area (Å²) in [5.74, 6) is -1.14. The summed E-state index contributed by atoms with van der Waals surface area (Å²) in [5, 5.41) is -0.361. The number of esters is 1. The number of rotatable bonds is 2. The summed E-state index contributed by atoms with van der Waals surface area (Å²) in [6.07, 6.45) is -4.45. The van der Waals surface area contributed by atoms with Gasteiger partial charge < -0.3 is 4.74 Å². The van der Waals surface area contributed by atoms with Crippen LogP contribution >= 0.6 is 34.8 Å². The summed E-state index contributed by atoms with van der Waals surface area (Å²) in [6, 6.07) is 1.94. The third-order valence-corrected chi connectivity index (χ3v) is 3.26. The SMILES string of the molecule is COC(=O)/C=C(\c1cc(Cl)c(Cl)c(Cl)c1)C(F)(F)F. The number of alkyl halides is 3. The molecule has 0 heterocycles. The summed E-state index contributed by atoms with van der Waals surface area (Å²) in [6.45, 7) is 0. The maximum absolute atomic E-state index is 12.9. The Kier molecular flexibility index (Phi) is 5.12. The molecule has 0 radical (unpaired) electrons. The van der Waals surface area contributed by atoms with Crippen molar-refractivity contribution in [2.75, 3.05) is 7.11 Å². The molecule has 1 rings (SSSR count). The highest BCUT2D eigenvalue weighted by molar-refractivity contribution is 6.48. The van der Waals surface area contributed by atoms with Gasteiger partial charge in [-0.25, -0.2) is 4.79 Å². The molecule has 0 unspecified atom stereocenters. The topological polar surface area (TPSA) is 26.3 Å². The minimum absolute atomic E-state index is 0.0633. The molecule has 0 fully saturated rings. The molecule has 19 heavy (non-hydrogen) atoms. The van der Waals surface area contributed by atoms with Crippen LogP contribution in [-0.2, 0) is 9.53 Å². The number of benzene rings is 1. The maximum Gasteiger partial charge on any atom is 0.417 e. The first-order chi connectivity index (χ1) is 8.66. The lowest BCUT2D eigenvalue weighted by Crippen LogP contribution is -2.13. The van der Waals surface area contributed by atoms with Crippen molar-refractivity contribution < 1.29 is 22.7 Å². The van der Waals surface area contributed by atoms with Gasteiger partial charge in [0, 0.05) is 6.08 Å². The van der Waals surface area contributed by atoms with Gasteiger partial charge in [0.1, 0.15) is 0 Å². The van der Waals surface area contributed by atoms with Gasteiger partial charge in [-0.3, -0.25) is 0 Å². The Balaban J connectivity index is 3.43. The van der Waals surface area contributed by atoms with E-state index in [0.29, 0.717) is 6.08 Å². The highest BCUT2D eigenvalue weighted by Crippen LogP contribution is 2.39. The van der Waals surface area contributed by atoms with E-state index in [2.05, 4.69) is 4.74 Å². The fourth-order valence-electron chi connectivity index (χ4n) is 1.22. The smallest absolute Gasteiger partial charge is 0.417 e. The molecule has 0 N–H and O–H groups in total. The van der Waals surface area contributed by atoms with Gasteiger partial charge in [-0.15, -0.1) is 0 Å². The highest BCUT2D eigenvalue weighted by atomic mass is 35.5. The highest BCUT2D eigenvalue weighted by Gasteiger charge is 2.36. The van der Waals surface area contributed by atoms with Crippen molar-refractivity contribution >= 4 is 46.3 Å². The van der Waals surface area contributed by atoms with Gasteiger partial charge in [-0.2, -0.15) is 13.2 Å². The van der Waals surface area contributed by atoms with E-state index in [1.807, 2.05) is 0 Å². The van der Waals surface area contributed by atoms with E-state index in [0.717, 1.165) is 19.2 Å². The van der Waals surface area contributed by atoms with Crippen LogP contribution in [0.5, 0.6) is 0 Å². The number of hydrogen-bond donors (Lipinski definition) is 0. The predicted octanol–water partition coefficient (Wildman–Crippen LogP) is 4.77. The van der Waals surface area contributed by atoms with Crippen molar-refractivity contribution in [1.82, 2.24) is 0 Å². The summed E-state index contributed by atoms with van der Waals surface area (Å²) in [5.41, 5.74) is -1.60. The Hall–Kier alpha value is -0.910. The molecular weight excluding hydrogens is 327 g/mol. The molecule has 0 spiro atoms. The number of carbonyl (C=O) groups excluding carboxylic acids is 1. The predicted molar refractivity (Wildman–Crippen MR) is 67.5 cm³/mol. The van der Waals surface area contributed by atoms with Crippen LogP contribution in [-0.4, -0.2) is 19.3 Å². The molecule has 0 saturated heterocycles. The second-order valence-corrected chi connectivity index (χ2v) is 4.53. The zero-order valence-corrected chi connectivity index (χ0v) is 11.6. The molecule has 8 heteroatoms. The lowest BCUT2D eigenvalue weighted by atomic mass is 10.1. The maximum atomic E-state index is 12.9. The Morgan fingerprint density at radius 1 is 1.21 bits per heavy atom. The van der Waals surface area contributed by atoms with Crippen molar-refractivity contribution in [3.05, 3.63) is 38.8 Å². The molecule has 0 aliphatic rings. The van der Waals surface area contributed by atoms with Crippen molar-refractivity contribution in [1.29, 1.82) is 0 Å². The second kappa shape index (κ2) is 6.03. The fourth-order valence-corrected chi connectivity index (χ4v) is 1.81.